The van der Waals surface area contributed by atoms with Crippen molar-refractivity contribution in [2.24, 2.45) is 5.92 Å². The lowest BCUT2D eigenvalue weighted by molar-refractivity contribution is 0.0357. The maximum absolute atomic E-state index is 13.7. The van der Waals surface area contributed by atoms with E-state index in [-0.39, 0.29) is 27.3 Å². The molecule has 1 saturated heterocycles. The van der Waals surface area contributed by atoms with Gasteiger partial charge in [0, 0.05) is 54.8 Å². The highest BCUT2D eigenvalue weighted by Gasteiger charge is 2.27. The number of carbonyl (C=O) groups is 2. The fourth-order valence-electron chi connectivity index (χ4n) is 7.82. The van der Waals surface area contributed by atoms with Gasteiger partial charge in [-0.1, -0.05) is 48.5 Å². The first-order valence-corrected chi connectivity index (χ1v) is 24.7. The van der Waals surface area contributed by atoms with Crippen molar-refractivity contribution in [3.05, 3.63) is 143 Å². The summed E-state index contributed by atoms with van der Waals surface area (Å²) in [5.41, 5.74) is 3.38. The van der Waals surface area contributed by atoms with E-state index >= 15 is 0 Å². The van der Waals surface area contributed by atoms with Crippen LogP contribution in [0.4, 0.5) is 11.6 Å². The third kappa shape index (κ3) is 10.4. The summed E-state index contributed by atoms with van der Waals surface area (Å²) < 4.78 is 63.4. The number of hydrogen-bond donors (Lipinski definition) is 2. The summed E-state index contributed by atoms with van der Waals surface area (Å²) in [6.45, 7) is 4.73. The van der Waals surface area contributed by atoms with Gasteiger partial charge in [0.2, 0.25) is 0 Å². The first-order chi connectivity index (χ1) is 29.9. The normalized spacial score (nSPS) is 15.2. The number of rotatable bonds is 15. The molecule has 2 aliphatic heterocycles. The van der Waals surface area contributed by atoms with Crippen molar-refractivity contribution in [1.82, 2.24) is 24.0 Å². The van der Waals surface area contributed by atoms with E-state index in [1.54, 1.807) is 42.2 Å². The van der Waals surface area contributed by atoms with Gasteiger partial charge in [-0.25, -0.2) is 31.5 Å². The molecule has 3 aromatic carbocycles. The molecule has 2 N–H and O–H groups in total. The Bertz CT molecular complexity index is 2780. The molecule has 1 fully saturated rings. The molecule has 17 heteroatoms. The fraction of sp³-hybridized carbons (Fsp3) is 0.289. The first kappa shape index (κ1) is 43.1. The zero-order chi connectivity index (χ0) is 43.3. The van der Waals surface area contributed by atoms with E-state index in [4.69, 9.17) is 4.74 Å². The molecule has 1 atom stereocenters. The van der Waals surface area contributed by atoms with E-state index in [0.29, 0.717) is 67.6 Å². The van der Waals surface area contributed by atoms with Gasteiger partial charge in [0.05, 0.1) is 29.2 Å². The van der Waals surface area contributed by atoms with Crippen molar-refractivity contribution in [3.8, 4) is 0 Å². The number of nitrogens with zero attached hydrogens (tertiary/aromatic N) is 5. The number of imidazole rings is 1. The minimum atomic E-state index is -4.53. The van der Waals surface area contributed by atoms with Crippen LogP contribution in [0.3, 0.4) is 0 Å². The molecule has 0 radical (unpaired) electrons. The van der Waals surface area contributed by atoms with Gasteiger partial charge in [-0.15, -0.1) is 11.8 Å². The predicted octanol–water partition coefficient (Wildman–Crippen LogP) is 5.74. The van der Waals surface area contributed by atoms with Gasteiger partial charge in [-0.3, -0.25) is 14.5 Å². The van der Waals surface area contributed by atoms with Gasteiger partial charge in [-0.05, 0) is 103 Å². The van der Waals surface area contributed by atoms with Crippen LogP contribution >= 0.6 is 11.8 Å². The van der Waals surface area contributed by atoms with E-state index < -0.39 is 25.8 Å². The van der Waals surface area contributed by atoms with Crippen LogP contribution in [0.5, 0.6) is 0 Å². The molecule has 14 nitrogen and oxygen atoms in total. The average molecular weight is 894 g/mol. The number of sulfone groups is 1. The van der Waals surface area contributed by atoms with Crippen LogP contribution in [0.25, 0.3) is 5.65 Å². The zero-order valence-electron chi connectivity index (χ0n) is 34.1. The summed E-state index contributed by atoms with van der Waals surface area (Å²) >= 11 is 1.71. The number of anilines is 2. The molecule has 62 heavy (non-hydrogen) atoms. The lowest BCUT2D eigenvalue weighted by Gasteiger charge is -2.31. The van der Waals surface area contributed by atoms with E-state index in [0.717, 1.165) is 60.2 Å². The molecular weight excluding hydrogens is 847 g/mol. The molecule has 2 amide bonds. The van der Waals surface area contributed by atoms with Crippen LogP contribution in [-0.2, 0) is 44.0 Å². The van der Waals surface area contributed by atoms with Crippen LogP contribution in [0.15, 0.2) is 130 Å². The zero-order valence-corrected chi connectivity index (χ0v) is 36.6. The van der Waals surface area contributed by atoms with Crippen molar-refractivity contribution in [3.63, 3.8) is 0 Å². The number of thioether (sulfide) groups is 1. The van der Waals surface area contributed by atoms with Crippen LogP contribution in [0, 0.1) is 5.92 Å². The van der Waals surface area contributed by atoms with Crippen LogP contribution in [-0.4, -0.2) is 99.3 Å². The molecule has 2 aliphatic rings. The highest BCUT2D eigenvalue weighted by Crippen LogP contribution is 2.30. The molecule has 8 rings (SSSR count). The molecule has 6 aromatic rings. The van der Waals surface area contributed by atoms with Gasteiger partial charge < -0.3 is 19.4 Å². The quantitative estimate of drug-likeness (QED) is 0.120. The lowest BCUT2D eigenvalue weighted by atomic mass is 9.94. The minimum absolute atomic E-state index is 0.0874. The summed E-state index contributed by atoms with van der Waals surface area (Å²) in [6, 6.07) is 30.0. The van der Waals surface area contributed by atoms with Crippen molar-refractivity contribution in [2.45, 2.75) is 40.5 Å². The number of hydrogen-bond acceptors (Lipinski definition) is 12. The number of fused-ring (bicyclic) bond motifs is 2. The van der Waals surface area contributed by atoms with Crippen LogP contribution in [0.1, 0.15) is 44.0 Å². The third-order valence-electron chi connectivity index (χ3n) is 11.1. The second-order valence-corrected chi connectivity index (χ2v) is 20.2. The van der Waals surface area contributed by atoms with Crippen LogP contribution < -0.4 is 14.9 Å². The molecule has 0 aliphatic carbocycles. The monoisotopic (exact) mass is 893 g/mol. The SMILES string of the molecule is CS(=O)(=O)c1cc(S(=O)(=O)NC(=O)c2cccc(N3CCc4cccc(C(=O)Nc5cn6ccccc6n5)c4C3)n2)ccc1C[C@H](CCN1CCOCC1)CSc1ccccc1. The molecule has 0 saturated carbocycles. The maximum Gasteiger partial charge on any atom is 0.283 e. The van der Waals surface area contributed by atoms with Gasteiger partial charge in [0.25, 0.3) is 21.8 Å². The molecule has 322 valence electrons. The summed E-state index contributed by atoms with van der Waals surface area (Å²) in [4.78, 5) is 41.1. The van der Waals surface area contributed by atoms with Crippen LogP contribution in [0.2, 0.25) is 0 Å². The number of amides is 2. The Kier molecular flexibility index (Phi) is 13.1. The summed E-state index contributed by atoms with van der Waals surface area (Å²) in [6.07, 6.45) is 6.50. The van der Waals surface area contributed by atoms with Crippen molar-refractivity contribution in [1.29, 1.82) is 0 Å². The van der Waals surface area contributed by atoms with Crippen molar-refractivity contribution < 1.29 is 31.2 Å². The molecule has 0 unspecified atom stereocenters. The van der Waals surface area contributed by atoms with E-state index in [2.05, 4.69) is 24.9 Å². The topological polar surface area (TPSA) is 172 Å². The number of pyridine rings is 2. The Morgan fingerprint density at radius 3 is 2.44 bits per heavy atom. The summed E-state index contributed by atoms with van der Waals surface area (Å²) in [7, 11) is -8.40. The largest absolute Gasteiger partial charge is 0.379 e. The average Bonchev–Trinajstić information content (AvgIpc) is 3.69. The standard InChI is InChI=1S/C45H47N7O7S3/c1-61(55,56)40-28-36(17-16-34(40)27-32(18-21-50-23-25-59-26-24-50)31-60-35-10-3-2-4-11-35)62(57,58)49-45(54)39-13-8-15-42(46-39)52-22-19-33-9-7-12-37(38(33)29-52)44(53)48-41-30-51-20-6-5-14-43(51)47-41/h2-17,20,28,30,32H,18-19,21-27,29,31H2,1H3,(H,48,53)(H,49,54)/t32-/m0/s1. The van der Waals surface area contributed by atoms with Gasteiger partial charge >= 0.3 is 0 Å². The number of sulfonamides is 1. The van der Waals surface area contributed by atoms with Gasteiger partial charge in [-0.2, -0.15) is 0 Å². The third-order valence-corrected chi connectivity index (χ3v) is 14.8. The molecule has 0 bridgehead atoms. The summed E-state index contributed by atoms with van der Waals surface area (Å²) in [5, 5.41) is 2.91. The second-order valence-electron chi connectivity index (χ2n) is 15.5. The first-order valence-electron chi connectivity index (χ1n) is 20.4. The Labute approximate surface area is 365 Å². The maximum atomic E-state index is 13.7. The molecule has 3 aromatic heterocycles. The van der Waals surface area contributed by atoms with E-state index in [1.807, 2.05) is 76.2 Å². The second kappa shape index (κ2) is 18.8. The highest BCUT2D eigenvalue weighted by atomic mass is 32.2. The Morgan fingerprint density at radius 2 is 1.65 bits per heavy atom. The smallest absolute Gasteiger partial charge is 0.283 e. The van der Waals surface area contributed by atoms with Gasteiger partial charge in [0.1, 0.15) is 17.2 Å². The lowest BCUT2D eigenvalue weighted by Crippen LogP contribution is -2.37. The van der Waals surface area contributed by atoms with E-state index in [9.17, 15) is 26.4 Å². The highest BCUT2D eigenvalue weighted by molar-refractivity contribution is 7.99. The van der Waals surface area contributed by atoms with Crippen molar-refractivity contribution in [2.75, 3.05) is 61.6 Å². The van der Waals surface area contributed by atoms with Gasteiger partial charge in [0.15, 0.2) is 15.7 Å². The number of carbonyl (C=O) groups excluding carboxylic acids is 2. The Hall–Kier alpha value is -5.59. The number of benzene rings is 3. The van der Waals surface area contributed by atoms with Crippen molar-refractivity contribution >= 4 is 60.7 Å². The van der Waals surface area contributed by atoms with E-state index in [1.165, 1.54) is 12.1 Å². The number of nitrogens with one attached hydrogen (secondary N) is 2. The number of aromatic nitrogens is 3. The Balaban J connectivity index is 0.965. The fourth-order valence-corrected chi connectivity index (χ4v) is 10.9. The minimum Gasteiger partial charge on any atom is -0.379 e. The number of ether oxygens (including phenoxy) is 1. The molecular formula is C45H47N7O7S3. The Morgan fingerprint density at radius 1 is 0.855 bits per heavy atom. The number of morpholine rings is 1. The summed E-state index contributed by atoms with van der Waals surface area (Å²) in [5.74, 6) is 0.393. The molecule has 5 heterocycles. The predicted molar refractivity (Wildman–Crippen MR) is 239 cm³/mol. The molecule has 0 spiro atoms.